The minimum atomic E-state index is -1.07. The third-order valence-electron chi connectivity index (χ3n) is 4.02. The topological polar surface area (TPSA) is 123 Å². The second-order valence-corrected chi connectivity index (χ2v) is 5.27. The van der Waals surface area contributed by atoms with Gasteiger partial charge in [-0.3, -0.25) is 19.3 Å². The molecule has 1 unspecified atom stereocenters. The molecule has 1 aliphatic heterocycles. The first kappa shape index (κ1) is 14.8. The van der Waals surface area contributed by atoms with Crippen LogP contribution in [-0.2, 0) is 9.59 Å². The van der Waals surface area contributed by atoms with Crippen molar-refractivity contribution in [3.63, 3.8) is 0 Å². The van der Waals surface area contributed by atoms with Crippen LogP contribution in [0.3, 0.4) is 0 Å². The van der Waals surface area contributed by atoms with Gasteiger partial charge in [0.2, 0.25) is 5.91 Å². The van der Waals surface area contributed by atoms with Gasteiger partial charge in [-0.2, -0.15) is 0 Å². The molecular formula is C15H12N4O4. The van der Waals surface area contributed by atoms with Gasteiger partial charge in [0.05, 0.1) is 12.3 Å². The van der Waals surface area contributed by atoms with Crippen LogP contribution in [0, 0.1) is 0 Å². The van der Waals surface area contributed by atoms with Gasteiger partial charge in [-0.1, -0.05) is 23.3 Å². The highest BCUT2D eigenvalue weighted by Crippen LogP contribution is 2.41. The van der Waals surface area contributed by atoms with Gasteiger partial charge in [0.1, 0.15) is 0 Å². The van der Waals surface area contributed by atoms with Gasteiger partial charge < -0.3 is 5.11 Å². The SMILES string of the molecule is [N-]=[N+]=NC1=CCC2C(=O)N(CCC(=O)O)C(=O)c3cccc1c32. The highest BCUT2D eigenvalue weighted by molar-refractivity contribution is 6.13. The summed E-state index contributed by atoms with van der Waals surface area (Å²) in [6.07, 6.45) is 1.69. The summed E-state index contributed by atoms with van der Waals surface area (Å²) in [7, 11) is 0. The molecule has 8 nitrogen and oxygen atoms in total. The van der Waals surface area contributed by atoms with E-state index < -0.39 is 23.7 Å². The fourth-order valence-corrected chi connectivity index (χ4v) is 3.03. The lowest BCUT2D eigenvalue weighted by molar-refractivity contribution is -0.138. The molecule has 2 aliphatic rings. The second-order valence-electron chi connectivity index (χ2n) is 5.27. The Balaban J connectivity index is 2.08. The van der Waals surface area contributed by atoms with E-state index in [1.807, 2.05) is 0 Å². The van der Waals surface area contributed by atoms with Gasteiger partial charge in [-0.25, -0.2) is 0 Å². The summed E-state index contributed by atoms with van der Waals surface area (Å²) >= 11 is 0. The number of amides is 2. The third kappa shape index (κ3) is 2.35. The lowest BCUT2D eigenvalue weighted by Gasteiger charge is -2.35. The van der Waals surface area contributed by atoms with Crippen molar-refractivity contribution in [1.82, 2.24) is 4.90 Å². The Morgan fingerprint density at radius 2 is 2.13 bits per heavy atom. The lowest BCUT2D eigenvalue weighted by Crippen LogP contribution is -2.46. The first-order chi connectivity index (χ1) is 11.0. The maximum atomic E-state index is 12.6. The fraction of sp³-hybridized carbons (Fsp3) is 0.267. The van der Waals surface area contributed by atoms with Crippen LogP contribution in [-0.4, -0.2) is 34.3 Å². The summed E-state index contributed by atoms with van der Waals surface area (Å²) in [4.78, 5) is 39.6. The van der Waals surface area contributed by atoms with Gasteiger partial charge in [0.15, 0.2) is 0 Å². The van der Waals surface area contributed by atoms with Crippen molar-refractivity contribution >= 4 is 23.5 Å². The molecule has 0 bridgehead atoms. The van der Waals surface area contributed by atoms with Crippen LogP contribution in [0.2, 0.25) is 0 Å². The maximum Gasteiger partial charge on any atom is 0.305 e. The third-order valence-corrected chi connectivity index (χ3v) is 4.02. The fourth-order valence-electron chi connectivity index (χ4n) is 3.03. The molecule has 8 heteroatoms. The zero-order chi connectivity index (χ0) is 16.6. The quantitative estimate of drug-likeness (QED) is 0.396. The molecule has 1 aromatic carbocycles. The average Bonchev–Trinajstić information content (AvgIpc) is 2.53. The monoisotopic (exact) mass is 312 g/mol. The standard InChI is InChI=1S/C15H12N4O4/c16-18-17-11-5-4-10-13-8(11)2-1-3-9(13)14(22)19(15(10)23)7-6-12(20)21/h1-3,5,10H,4,6-7H2,(H,20,21). The number of aliphatic carboxylic acids is 1. The van der Waals surface area contributed by atoms with Crippen molar-refractivity contribution in [2.75, 3.05) is 6.54 Å². The Labute approximate surface area is 130 Å². The second kappa shape index (κ2) is 5.58. The number of carboxylic acid groups (broad SMARTS) is 1. The first-order valence-electron chi connectivity index (χ1n) is 7.00. The van der Waals surface area contributed by atoms with E-state index in [1.165, 1.54) is 0 Å². The molecule has 23 heavy (non-hydrogen) atoms. The van der Waals surface area contributed by atoms with E-state index in [9.17, 15) is 14.4 Å². The van der Waals surface area contributed by atoms with Crippen LogP contribution in [0.25, 0.3) is 16.1 Å². The van der Waals surface area contributed by atoms with E-state index in [2.05, 4.69) is 10.0 Å². The van der Waals surface area contributed by atoms with Crippen molar-refractivity contribution in [2.24, 2.45) is 5.11 Å². The molecule has 1 N–H and O–H groups in total. The molecule has 1 aliphatic carbocycles. The summed E-state index contributed by atoms with van der Waals surface area (Å²) < 4.78 is 0. The van der Waals surface area contributed by atoms with Crippen molar-refractivity contribution in [3.8, 4) is 0 Å². The summed E-state index contributed by atoms with van der Waals surface area (Å²) in [5.41, 5.74) is 10.5. The largest absolute Gasteiger partial charge is 0.481 e. The van der Waals surface area contributed by atoms with E-state index in [0.29, 0.717) is 28.8 Å². The average molecular weight is 312 g/mol. The first-order valence-corrected chi connectivity index (χ1v) is 7.00. The van der Waals surface area contributed by atoms with Crippen LogP contribution in [0.4, 0.5) is 0 Å². The molecule has 0 saturated carbocycles. The van der Waals surface area contributed by atoms with Gasteiger partial charge in [0, 0.05) is 22.7 Å². The van der Waals surface area contributed by atoms with Crippen molar-refractivity contribution in [2.45, 2.75) is 18.8 Å². The van der Waals surface area contributed by atoms with Crippen LogP contribution < -0.4 is 0 Å². The van der Waals surface area contributed by atoms with E-state index in [0.717, 1.165) is 4.90 Å². The Kier molecular flexibility index (Phi) is 3.59. The summed E-state index contributed by atoms with van der Waals surface area (Å²) in [6.45, 7) is -0.153. The molecule has 0 saturated heterocycles. The number of hydrogen-bond acceptors (Lipinski definition) is 4. The molecule has 0 fully saturated rings. The number of imide groups is 1. The minimum absolute atomic E-state index is 0.153. The van der Waals surface area contributed by atoms with Crippen molar-refractivity contribution in [3.05, 3.63) is 51.4 Å². The van der Waals surface area contributed by atoms with Crippen molar-refractivity contribution < 1.29 is 19.5 Å². The summed E-state index contributed by atoms with van der Waals surface area (Å²) in [5.74, 6) is -2.54. The maximum absolute atomic E-state index is 12.6. The molecule has 116 valence electrons. The van der Waals surface area contributed by atoms with Crippen molar-refractivity contribution in [1.29, 1.82) is 0 Å². The Hall–Kier alpha value is -3.12. The van der Waals surface area contributed by atoms with Crippen LogP contribution >= 0.6 is 0 Å². The number of allylic oxidation sites excluding steroid dienone is 1. The molecule has 1 atom stereocenters. The number of rotatable bonds is 4. The molecule has 0 radical (unpaired) electrons. The Bertz CT molecular complexity index is 808. The Morgan fingerprint density at radius 1 is 1.39 bits per heavy atom. The van der Waals surface area contributed by atoms with Gasteiger partial charge in [-0.05, 0) is 29.1 Å². The number of carbonyl (C=O) groups is 3. The minimum Gasteiger partial charge on any atom is -0.481 e. The van der Waals surface area contributed by atoms with Gasteiger partial charge >= 0.3 is 5.97 Å². The molecule has 1 heterocycles. The molecular weight excluding hydrogens is 300 g/mol. The zero-order valence-corrected chi connectivity index (χ0v) is 12.0. The normalized spacial score (nSPS) is 18.9. The van der Waals surface area contributed by atoms with Crippen LogP contribution in [0.5, 0.6) is 0 Å². The van der Waals surface area contributed by atoms with E-state index >= 15 is 0 Å². The van der Waals surface area contributed by atoms with Crippen LogP contribution in [0.1, 0.15) is 40.2 Å². The van der Waals surface area contributed by atoms with E-state index in [1.54, 1.807) is 24.3 Å². The molecule has 0 aromatic heterocycles. The molecule has 0 spiro atoms. The lowest BCUT2D eigenvalue weighted by atomic mass is 9.79. The molecule has 3 rings (SSSR count). The number of azide groups is 1. The highest BCUT2D eigenvalue weighted by Gasteiger charge is 2.41. The number of nitrogens with zero attached hydrogens (tertiary/aromatic N) is 4. The summed E-state index contributed by atoms with van der Waals surface area (Å²) in [6, 6.07) is 4.97. The predicted octanol–water partition coefficient (Wildman–Crippen LogP) is 2.28. The number of hydrogen-bond donors (Lipinski definition) is 1. The molecule has 2 amide bonds. The van der Waals surface area contributed by atoms with Crippen LogP contribution in [0.15, 0.2) is 29.4 Å². The molecule has 1 aromatic rings. The van der Waals surface area contributed by atoms with E-state index in [-0.39, 0.29) is 13.0 Å². The van der Waals surface area contributed by atoms with Gasteiger partial charge in [0.25, 0.3) is 5.91 Å². The number of benzene rings is 1. The Morgan fingerprint density at radius 3 is 2.83 bits per heavy atom. The summed E-state index contributed by atoms with van der Waals surface area (Å²) in [5, 5.41) is 12.4. The van der Waals surface area contributed by atoms with E-state index in [4.69, 9.17) is 10.6 Å². The predicted molar refractivity (Wildman–Crippen MR) is 79.2 cm³/mol. The number of carboxylic acids is 1. The smallest absolute Gasteiger partial charge is 0.305 e. The zero-order valence-electron chi connectivity index (χ0n) is 12.0. The highest BCUT2D eigenvalue weighted by atomic mass is 16.4. The number of carbonyl (C=O) groups excluding carboxylic acids is 2. The van der Waals surface area contributed by atoms with Gasteiger partial charge in [-0.15, -0.1) is 0 Å².